The highest BCUT2D eigenvalue weighted by molar-refractivity contribution is 7.14. The second-order valence-corrected chi connectivity index (χ2v) is 7.83. The summed E-state index contributed by atoms with van der Waals surface area (Å²) in [5.41, 5.74) is 1.42. The van der Waals surface area contributed by atoms with E-state index < -0.39 is 0 Å². The molecule has 23 heavy (non-hydrogen) atoms. The number of carbonyl (C=O) groups excluding carboxylic acids is 1. The minimum Gasteiger partial charge on any atom is -0.336 e. The number of likely N-dealkylation sites (tertiary alicyclic amines) is 1. The van der Waals surface area contributed by atoms with E-state index in [0.717, 1.165) is 49.5 Å². The smallest absolute Gasteiger partial charge is 0.264 e. The van der Waals surface area contributed by atoms with Crippen LogP contribution in [0, 0.1) is 6.92 Å². The largest absolute Gasteiger partial charge is 0.336 e. The van der Waals surface area contributed by atoms with Crippen LogP contribution in [-0.2, 0) is 12.8 Å². The molecule has 1 saturated heterocycles. The van der Waals surface area contributed by atoms with E-state index >= 15 is 0 Å². The third-order valence-corrected chi connectivity index (χ3v) is 6.37. The van der Waals surface area contributed by atoms with Crippen molar-refractivity contribution in [2.45, 2.75) is 51.5 Å². The second kappa shape index (κ2) is 6.11. The molecule has 1 atom stereocenters. The van der Waals surface area contributed by atoms with Crippen LogP contribution in [0.4, 0.5) is 0 Å². The molecule has 1 fully saturated rings. The first-order valence-corrected chi connectivity index (χ1v) is 9.44. The Kier molecular flexibility index (Phi) is 3.97. The van der Waals surface area contributed by atoms with Gasteiger partial charge in [-0.2, -0.15) is 0 Å². The molecule has 0 N–H and O–H groups in total. The summed E-state index contributed by atoms with van der Waals surface area (Å²) in [5, 5.41) is 0. The molecule has 5 heteroatoms. The zero-order valence-electron chi connectivity index (χ0n) is 13.6. The van der Waals surface area contributed by atoms with E-state index in [-0.39, 0.29) is 5.91 Å². The van der Waals surface area contributed by atoms with Gasteiger partial charge in [-0.3, -0.25) is 4.79 Å². The molecule has 1 aliphatic carbocycles. The second-order valence-electron chi connectivity index (χ2n) is 6.70. The maximum atomic E-state index is 12.9. The summed E-state index contributed by atoms with van der Waals surface area (Å²) >= 11 is 1.73. The first kappa shape index (κ1) is 14.9. The third-order valence-electron chi connectivity index (χ3n) is 5.15. The van der Waals surface area contributed by atoms with Gasteiger partial charge in [-0.25, -0.2) is 4.98 Å². The van der Waals surface area contributed by atoms with E-state index in [1.54, 1.807) is 11.3 Å². The number of imidazole rings is 1. The monoisotopic (exact) mass is 329 g/mol. The van der Waals surface area contributed by atoms with Gasteiger partial charge >= 0.3 is 0 Å². The average Bonchev–Trinajstić information content (AvgIpc) is 3.20. The number of nitrogens with zero attached hydrogens (tertiary/aromatic N) is 3. The Labute approximate surface area is 141 Å². The minimum absolute atomic E-state index is 0.229. The van der Waals surface area contributed by atoms with Crippen LogP contribution in [0.5, 0.6) is 0 Å². The van der Waals surface area contributed by atoms with E-state index in [1.165, 1.54) is 23.3 Å². The molecule has 3 heterocycles. The molecule has 2 aromatic rings. The van der Waals surface area contributed by atoms with Crippen LogP contribution in [0.3, 0.4) is 0 Å². The van der Waals surface area contributed by atoms with Gasteiger partial charge in [0, 0.05) is 30.4 Å². The van der Waals surface area contributed by atoms with Gasteiger partial charge in [-0.1, -0.05) is 0 Å². The molecule has 2 aromatic heterocycles. The van der Waals surface area contributed by atoms with E-state index in [4.69, 9.17) is 0 Å². The topological polar surface area (TPSA) is 38.1 Å². The summed E-state index contributed by atoms with van der Waals surface area (Å²) in [6.07, 6.45) is 10.9. The van der Waals surface area contributed by atoms with E-state index in [2.05, 4.69) is 15.6 Å². The summed E-state index contributed by atoms with van der Waals surface area (Å²) in [5.74, 6) is 1.27. The number of fused-ring (bicyclic) bond motifs is 1. The maximum Gasteiger partial charge on any atom is 0.264 e. The predicted octanol–water partition coefficient (Wildman–Crippen LogP) is 3.61. The molecule has 1 amide bonds. The fourth-order valence-electron chi connectivity index (χ4n) is 3.89. The molecule has 0 spiro atoms. The van der Waals surface area contributed by atoms with Crippen LogP contribution in [0.15, 0.2) is 18.5 Å². The number of carbonyl (C=O) groups is 1. The van der Waals surface area contributed by atoms with Crippen molar-refractivity contribution in [2.24, 2.45) is 0 Å². The van der Waals surface area contributed by atoms with Crippen LogP contribution < -0.4 is 0 Å². The Morgan fingerprint density at radius 1 is 1.30 bits per heavy atom. The zero-order valence-corrected chi connectivity index (χ0v) is 14.4. The van der Waals surface area contributed by atoms with Crippen LogP contribution >= 0.6 is 11.3 Å². The zero-order chi connectivity index (χ0) is 15.8. The number of rotatable bonds is 2. The number of amides is 1. The van der Waals surface area contributed by atoms with Gasteiger partial charge in [-0.05, 0) is 57.1 Å². The molecule has 0 bridgehead atoms. The quantitative estimate of drug-likeness (QED) is 0.844. The highest BCUT2D eigenvalue weighted by Gasteiger charge is 2.27. The Balaban J connectivity index is 1.52. The molecule has 0 radical (unpaired) electrons. The molecule has 2 aliphatic rings. The summed E-state index contributed by atoms with van der Waals surface area (Å²) in [4.78, 5) is 21.7. The molecule has 1 aliphatic heterocycles. The van der Waals surface area contributed by atoms with Crippen molar-refractivity contribution < 1.29 is 4.79 Å². The van der Waals surface area contributed by atoms with Gasteiger partial charge in [0.25, 0.3) is 5.91 Å². The minimum atomic E-state index is 0.229. The number of aromatic nitrogens is 2. The SMILES string of the molecule is Cc1nccn1[C@H]1CCCN(C(=O)c2cc3c(s2)CCCC3)C1. The predicted molar refractivity (Wildman–Crippen MR) is 92.1 cm³/mol. The number of aryl methyl sites for hydroxylation is 3. The van der Waals surface area contributed by atoms with Crippen LogP contribution in [-0.4, -0.2) is 33.4 Å². The fraction of sp³-hybridized carbons (Fsp3) is 0.556. The van der Waals surface area contributed by atoms with Gasteiger partial charge in [0.2, 0.25) is 0 Å². The molecule has 122 valence electrons. The average molecular weight is 329 g/mol. The number of hydrogen-bond donors (Lipinski definition) is 0. The first-order chi connectivity index (χ1) is 11.2. The molecule has 4 nitrogen and oxygen atoms in total. The lowest BCUT2D eigenvalue weighted by Gasteiger charge is -2.33. The van der Waals surface area contributed by atoms with Crippen molar-refractivity contribution in [1.29, 1.82) is 0 Å². The molecular formula is C18H23N3OS. The lowest BCUT2D eigenvalue weighted by molar-refractivity contribution is 0.0683. The van der Waals surface area contributed by atoms with Crippen LogP contribution in [0.1, 0.15) is 57.7 Å². The van der Waals surface area contributed by atoms with Gasteiger partial charge in [0.15, 0.2) is 0 Å². The molecule has 4 rings (SSSR count). The Morgan fingerprint density at radius 2 is 2.17 bits per heavy atom. The van der Waals surface area contributed by atoms with Crippen molar-refractivity contribution in [2.75, 3.05) is 13.1 Å². The summed E-state index contributed by atoms with van der Waals surface area (Å²) in [6, 6.07) is 2.53. The third kappa shape index (κ3) is 2.82. The molecule has 0 unspecified atom stereocenters. The standard InChI is InChI=1S/C18H23N3OS/c1-13-19-8-10-21(13)15-6-4-9-20(12-15)18(22)17-11-14-5-2-3-7-16(14)23-17/h8,10-11,15H,2-7,9,12H2,1H3/t15-/m0/s1. The Bertz CT molecular complexity index is 694. The van der Waals surface area contributed by atoms with Crippen molar-refractivity contribution in [3.63, 3.8) is 0 Å². The summed E-state index contributed by atoms with van der Waals surface area (Å²) in [6.45, 7) is 3.72. The number of piperidine rings is 1. The lowest BCUT2D eigenvalue weighted by atomic mass is 9.99. The van der Waals surface area contributed by atoms with Gasteiger partial charge in [-0.15, -0.1) is 11.3 Å². The normalized spacial score (nSPS) is 21.3. The Hall–Kier alpha value is -1.62. The van der Waals surface area contributed by atoms with Gasteiger partial charge in [0.05, 0.1) is 10.9 Å². The van der Waals surface area contributed by atoms with E-state index in [9.17, 15) is 4.79 Å². The summed E-state index contributed by atoms with van der Waals surface area (Å²) in [7, 11) is 0. The van der Waals surface area contributed by atoms with Crippen molar-refractivity contribution in [3.8, 4) is 0 Å². The highest BCUT2D eigenvalue weighted by Crippen LogP contribution is 2.31. The maximum absolute atomic E-state index is 12.9. The van der Waals surface area contributed by atoms with E-state index in [1.807, 2.05) is 24.2 Å². The van der Waals surface area contributed by atoms with Crippen molar-refractivity contribution in [1.82, 2.24) is 14.5 Å². The molecule has 0 aromatic carbocycles. The van der Waals surface area contributed by atoms with Gasteiger partial charge in [0.1, 0.15) is 5.82 Å². The first-order valence-electron chi connectivity index (χ1n) is 8.62. The highest BCUT2D eigenvalue weighted by atomic mass is 32.1. The summed E-state index contributed by atoms with van der Waals surface area (Å²) < 4.78 is 2.22. The molecular weight excluding hydrogens is 306 g/mol. The fourth-order valence-corrected chi connectivity index (χ4v) is 5.11. The Morgan fingerprint density at radius 3 is 2.96 bits per heavy atom. The van der Waals surface area contributed by atoms with Crippen molar-refractivity contribution >= 4 is 17.2 Å². The van der Waals surface area contributed by atoms with Crippen molar-refractivity contribution in [3.05, 3.63) is 39.6 Å². The van der Waals surface area contributed by atoms with Crippen LogP contribution in [0.25, 0.3) is 0 Å². The van der Waals surface area contributed by atoms with Gasteiger partial charge < -0.3 is 9.47 Å². The lowest BCUT2D eigenvalue weighted by Crippen LogP contribution is -2.40. The number of hydrogen-bond acceptors (Lipinski definition) is 3. The number of thiophene rings is 1. The van der Waals surface area contributed by atoms with E-state index in [0.29, 0.717) is 6.04 Å². The molecule has 0 saturated carbocycles. The van der Waals surface area contributed by atoms with Crippen LogP contribution in [0.2, 0.25) is 0 Å².